The number of aromatic nitrogens is 3. The van der Waals surface area contributed by atoms with Crippen molar-refractivity contribution >= 4 is 29.2 Å². The van der Waals surface area contributed by atoms with E-state index < -0.39 is 0 Å². The number of amides is 1. The van der Waals surface area contributed by atoms with Crippen molar-refractivity contribution in [1.82, 2.24) is 20.1 Å². The largest absolute Gasteiger partial charge is 0.353 e. The maximum atomic E-state index is 11.5. The Labute approximate surface area is 96.2 Å². The maximum Gasteiger partial charge on any atom is 0.230 e. The van der Waals surface area contributed by atoms with E-state index in [2.05, 4.69) is 20.1 Å². The van der Waals surface area contributed by atoms with Crippen LogP contribution in [-0.4, -0.2) is 32.5 Å². The normalized spacial score (nSPS) is 16.8. The number of hydrogen-bond donors (Lipinski definition) is 1. The standard InChI is InChI=1S/C8H12N4OS2/c13-7(9-6-3-1-2-4-6)5-14-8-10-11-12-15-8/h6H,1-5H2,(H,9,13). The molecule has 1 heterocycles. The molecule has 1 aromatic rings. The van der Waals surface area contributed by atoms with Crippen LogP contribution in [0.15, 0.2) is 4.34 Å². The second-order valence-electron chi connectivity index (χ2n) is 3.47. The van der Waals surface area contributed by atoms with E-state index in [1.165, 1.54) is 36.1 Å². The molecule has 0 radical (unpaired) electrons. The summed E-state index contributed by atoms with van der Waals surface area (Å²) in [7, 11) is 0. The van der Waals surface area contributed by atoms with Gasteiger partial charge >= 0.3 is 0 Å². The lowest BCUT2D eigenvalue weighted by molar-refractivity contribution is -0.119. The van der Waals surface area contributed by atoms with E-state index in [-0.39, 0.29) is 5.91 Å². The molecule has 15 heavy (non-hydrogen) atoms. The van der Waals surface area contributed by atoms with Gasteiger partial charge in [0.2, 0.25) is 5.91 Å². The Bertz CT molecular complexity index is 310. The fourth-order valence-corrected chi connectivity index (χ4v) is 2.78. The first-order valence-electron chi connectivity index (χ1n) is 4.92. The third kappa shape index (κ3) is 3.42. The molecule has 0 unspecified atom stereocenters. The lowest BCUT2D eigenvalue weighted by Crippen LogP contribution is -2.33. The molecule has 0 aromatic carbocycles. The van der Waals surface area contributed by atoms with Crippen molar-refractivity contribution in [3.8, 4) is 0 Å². The molecule has 5 nitrogen and oxygen atoms in total. The van der Waals surface area contributed by atoms with Crippen molar-refractivity contribution in [3.05, 3.63) is 0 Å². The van der Waals surface area contributed by atoms with Gasteiger partial charge in [0.05, 0.1) is 5.75 Å². The summed E-state index contributed by atoms with van der Waals surface area (Å²) in [5.41, 5.74) is 0. The quantitative estimate of drug-likeness (QED) is 0.803. The topological polar surface area (TPSA) is 67.8 Å². The zero-order valence-corrected chi connectivity index (χ0v) is 9.81. The van der Waals surface area contributed by atoms with Gasteiger partial charge in [-0.05, 0) is 18.1 Å². The molecule has 82 valence electrons. The number of carbonyl (C=O) groups is 1. The molecule has 1 aromatic heterocycles. The molecule has 0 spiro atoms. The van der Waals surface area contributed by atoms with Crippen molar-refractivity contribution < 1.29 is 4.79 Å². The predicted molar refractivity (Wildman–Crippen MR) is 58.8 cm³/mol. The van der Waals surface area contributed by atoms with Gasteiger partial charge in [0.15, 0.2) is 4.34 Å². The molecule has 1 saturated carbocycles. The number of nitrogens with zero attached hydrogens (tertiary/aromatic N) is 3. The number of hydrogen-bond acceptors (Lipinski definition) is 6. The molecular formula is C8H12N4OS2. The van der Waals surface area contributed by atoms with Gasteiger partial charge in [-0.1, -0.05) is 29.1 Å². The van der Waals surface area contributed by atoms with Gasteiger partial charge in [-0.25, -0.2) is 0 Å². The van der Waals surface area contributed by atoms with Crippen molar-refractivity contribution in [2.45, 2.75) is 36.1 Å². The molecular weight excluding hydrogens is 232 g/mol. The van der Waals surface area contributed by atoms with Crippen LogP contribution < -0.4 is 5.32 Å². The minimum atomic E-state index is 0.0853. The molecule has 0 saturated heterocycles. The monoisotopic (exact) mass is 244 g/mol. The molecule has 7 heteroatoms. The van der Waals surface area contributed by atoms with Crippen LogP contribution in [-0.2, 0) is 4.79 Å². The SMILES string of the molecule is O=C(CSc1nnns1)NC1CCCC1. The molecule has 1 amide bonds. The molecule has 2 rings (SSSR count). The molecule has 1 N–H and O–H groups in total. The van der Waals surface area contributed by atoms with E-state index in [4.69, 9.17) is 0 Å². The summed E-state index contributed by atoms with van der Waals surface area (Å²) < 4.78 is 4.38. The van der Waals surface area contributed by atoms with Gasteiger partial charge in [0.1, 0.15) is 0 Å². The van der Waals surface area contributed by atoms with E-state index in [0.717, 1.165) is 17.2 Å². The second-order valence-corrected chi connectivity index (χ2v) is 5.42. The zero-order chi connectivity index (χ0) is 10.5. The number of carbonyl (C=O) groups excluding carboxylic acids is 1. The summed E-state index contributed by atoms with van der Waals surface area (Å²) in [4.78, 5) is 11.5. The number of nitrogens with one attached hydrogen (secondary N) is 1. The Morgan fingerprint density at radius 3 is 3.00 bits per heavy atom. The van der Waals surface area contributed by atoms with Gasteiger partial charge in [-0.15, -0.1) is 5.10 Å². The lowest BCUT2D eigenvalue weighted by Gasteiger charge is -2.10. The summed E-state index contributed by atoms with van der Waals surface area (Å²) in [6.45, 7) is 0. The maximum absolute atomic E-state index is 11.5. The minimum absolute atomic E-state index is 0.0853. The second kappa shape index (κ2) is 5.41. The van der Waals surface area contributed by atoms with Gasteiger partial charge in [0.25, 0.3) is 0 Å². The summed E-state index contributed by atoms with van der Waals surface area (Å²) in [6, 6.07) is 0.394. The molecule has 1 aliphatic carbocycles. The molecule has 0 aliphatic heterocycles. The van der Waals surface area contributed by atoms with Crippen LogP contribution in [0.3, 0.4) is 0 Å². The van der Waals surface area contributed by atoms with Gasteiger partial charge in [-0.2, -0.15) is 0 Å². The summed E-state index contributed by atoms with van der Waals surface area (Å²) in [5.74, 6) is 0.495. The van der Waals surface area contributed by atoms with E-state index in [1.807, 2.05) is 0 Å². The highest BCUT2D eigenvalue weighted by Gasteiger charge is 2.17. The minimum Gasteiger partial charge on any atom is -0.353 e. The average Bonchev–Trinajstić information content (AvgIpc) is 2.86. The van der Waals surface area contributed by atoms with Crippen LogP contribution >= 0.6 is 23.3 Å². The summed E-state index contributed by atoms with van der Waals surface area (Å²) >= 11 is 2.61. The van der Waals surface area contributed by atoms with E-state index in [0.29, 0.717) is 11.8 Å². The highest BCUT2D eigenvalue weighted by molar-refractivity contribution is 8.01. The Kier molecular flexibility index (Phi) is 3.90. The zero-order valence-electron chi connectivity index (χ0n) is 8.18. The summed E-state index contributed by atoms with van der Waals surface area (Å²) in [6.07, 6.45) is 4.71. The van der Waals surface area contributed by atoms with Crippen LogP contribution in [0.4, 0.5) is 0 Å². The van der Waals surface area contributed by atoms with Gasteiger partial charge in [-0.3, -0.25) is 4.79 Å². The third-order valence-corrected chi connectivity index (χ3v) is 4.03. The predicted octanol–water partition coefficient (Wildman–Crippen LogP) is 1.08. The van der Waals surface area contributed by atoms with Crippen LogP contribution in [0.5, 0.6) is 0 Å². The highest BCUT2D eigenvalue weighted by Crippen LogP contribution is 2.19. The Morgan fingerprint density at radius 1 is 1.53 bits per heavy atom. The molecule has 0 atom stereocenters. The van der Waals surface area contributed by atoms with Crippen molar-refractivity contribution in [2.75, 3.05) is 5.75 Å². The van der Waals surface area contributed by atoms with Crippen molar-refractivity contribution in [3.63, 3.8) is 0 Å². The fourth-order valence-electron chi connectivity index (χ4n) is 1.65. The first kappa shape index (κ1) is 10.8. The Hall–Kier alpha value is -0.690. The Morgan fingerprint density at radius 2 is 2.33 bits per heavy atom. The average molecular weight is 244 g/mol. The van der Waals surface area contributed by atoms with E-state index >= 15 is 0 Å². The lowest BCUT2D eigenvalue weighted by atomic mass is 10.2. The number of rotatable bonds is 4. The van der Waals surface area contributed by atoms with Crippen LogP contribution in [0, 0.1) is 0 Å². The number of thioether (sulfide) groups is 1. The first-order chi connectivity index (χ1) is 7.34. The van der Waals surface area contributed by atoms with Crippen LogP contribution in [0.2, 0.25) is 0 Å². The smallest absolute Gasteiger partial charge is 0.230 e. The van der Waals surface area contributed by atoms with E-state index in [1.54, 1.807) is 0 Å². The molecule has 0 bridgehead atoms. The van der Waals surface area contributed by atoms with Crippen molar-refractivity contribution in [2.24, 2.45) is 0 Å². The summed E-state index contributed by atoms with van der Waals surface area (Å²) in [5, 5.41) is 10.2. The van der Waals surface area contributed by atoms with Crippen LogP contribution in [0.25, 0.3) is 0 Å². The van der Waals surface area contributed by atoms with Gasteiger partial charge in [0, 0.05) is 17.6 Å². The molecule has 1 aliphatic rings. The first-order valence-corrected chi connectivity index (χ1v) is 6.67. The molecule has 1 fully saturated rings. The van der Waals surface area contributed by atoms with E-state index in [9.17, 15) is 4.79 Å². The third-order valence-electron chi connectivity index (χ3n) is 2.33. The van der Waals surface area contributed by atoms with Crippen molar-refractivity contribution in [1.29, 1.82) is 0 Å². The van der Waals surface area contributed by atoms with Crippen LogP contribution in [0.1, 0.15) is 25.7 Å². The highest BCUT2D eigenvalue weighted by atomic mass is 32.2. The van der Waals surface area contributed by atoms with Gasteiger partial charge < -0.3 is 5.32 Å². The fraction of sp³-hybridized carbons (Fsp3) is 0.750. The Balaban J connectivity index is 1.68.